The van der Waals surface area contributed by atoms with Gasteiger partial charge in [-0.2, -0.15) is 0 Å². The molecular weight excluding hydrogens is 286 g/mol. The van der Waals surface area contributed by atoms with Gasteiger partial charge in [-0.3, -0.25) is 4.98 Å². The molecule has 0 radical (unpaired) electrons. The third-order valence-corrected chi connectivity index (χ3v) is 5.26. The summed E-state index contributed by atoms with van der Waals surface area (Å²) >= 11 is 0. The zero-order valence-corrected chi connectivity index (χ0v) is 14.4. The van der Waals surface area contributed by atoms with Crippen molar-refractivity contribution in [2.75, 3.05) is 0 Å². The molecular formula is C19H27N3O. The van der Waals surface area contributed by atoms with Crippen molar-refractivity contribution >= 4 is 10.9 Å². The Morgan fingerprint density at radius 3 is 2.61 bits per heavy atom. The summed E-state index contributed by atoms with van der Waals surface area (Å²) in [6.07, 6.45) is 9.68. The number of aliphatic hydroxyl groups excluding tert-OH is 1. The van der Waals surface area contributed by atoms with E-state index in [1.165, 1.54) is 5.56 Å². The Hall–Kier alpha value is -1.55. The van der Waals surface area contributed by atoms with Crippen LogP contribution in [0.5, 0.6) is 0 Å². The number of rotatable bonds is 4. The van der Waals surface area contributed by atoms with Gasteiger partial charge in [0.1, 0.15) is 5.82 Å². The fraction of sp³-hybridized carbons (Fsp3) is 0.632. The molecule has 0 bridgehead atoms. The van der Waals surface area contributed by atoms with Crippen LogP contribution in [-0.2, 0) is 6.42 Å². The molecule has 0 amide bonds. The lowest BCUT2D eigenvalue weighted by molar-refractivity contribution is 0.122. The third kappa shape index (κ3) is 3.52. The van der Waals surface area contributed by atoms with E-state index in [1.54, 1.807) is 0 Å². The number of nitrogens with zero attached hydrogens (tertiary/aromatic N) is 3. The maximum atomic E-state index is 9.76. The molecule has 1 fully saturated rings. The second kappa shape index (κ2) is 6.91. The van der Waals surface area contributed by atoms with Crippen molar-refractivity contribution in [2.24, 2.45) is 5.92 Å². The Labute approximate surface area is 138 Å². The number of pyridine rings is 1. The minimum atomic E-state index is -0.133. The van der Waals surface area contributed by atoms with Gasteiger partial charge in [-0.05, 0) is 50.0 Å². The average molecular weight is 313 g/mol. The molecule has 0 spiro atoms. The van der Waals surface area contributed by atoms with E-state index in [1.807, 2.05) is 19.3 Å². The monoisotopic (exact) mass is 313 g/mol. The van der Waals surface area contributed by atoms with E-state index < -0.39 is 0 Å². The van der Waals surface area contributed by atoms with Crippen molar-refractivity contribution in [3.63, 3.8) is 0 Å². The highest BCUT2D eigenvalue weighted by molar-refractivity contribution is 5.83. The van der Waals surface area contributed by atoms with Crippen LogP contribution in [0.25, 0.3) is 10.9 Å². The molecule has 2 aromatic heterocycles. The number of fused-ring (bicyclic) bond motifs is 1. The predicted octanol–water partition coefficient (Wildman–Crippen LogP) is 3.94. The van der Waals surface area contributed by atoms with Crippen LogP contribution in [-0.4, -0.2) is 26.2 Å². The molecule has 0 unspecified atom stereocenters. The van der Waals surface area contributed by atoms with Crippen LogP contribution in [0.1, 0.15) is 69.0 Å². The van der Waals surface area contributed by atoms with E-state index in [0.717, 1.165) is 60.9 Å². The highest BCUT2D eigenvalue weighted by Gasteiger charge is 2.24. The molecule has 2 heterocycles. The van der Waals surface area contributed by atoms with Gasteiger partial charge in [0.05, 0.1) is 11.6 Å². The zero-order chi connectivity index (χ0) is 16.4. The summed E-state index contributed by atoms with van der Waals surface area (Å²) in [5, 5.41) is 10.8. The summed E-state index contributed by atoms with van der Waals surface area (Å²) in [5.41, 5.74) is 3.31. The van der Waals surface area contributed by atoms with E-state index >= 15 is 0 Å². The smallest absolute Gasteiger partial charge is 0.129 e. The van der Waals surface area contributed by atoms with Crippen LogP contribution in [0, 0.1) is 12.8 Å². The highest BCUT2D eigenvalue weighted by Crippen LogP contribution is 2.36. The first-order valence-corrected chi connectivity index (χ1v) is 8.87. The lowest BCUT2D eigenvalue weighted by atomic mass is 9.82. The van der Waals surface area contributed by atoms with E-state index in [0.29, 0.717) is 11.8 Å². The minimum Gasteiger partial charge on any atom is -0.393 e. The topological polar surface area (TPSA) is 58.9 Å². The molecule has 4 heteroatoms. The van der Waals surface area contributed by atoms with Crippen LogP contribution < -0.4 is 0 Å². The van der Waals surface area contributed by atoms with Crippen molar-refractivity contribution in [2.45, 2.75) is 71.3 Å². The fourth-order valence-corrected chi connectivity index (χ4v) is 3.44. The van der Waals surface area contributed by atoms with Crippen molar-refractivity contribution in [3.8, 4) is 0 Å². The van der Waals surface area contributed by atoms with Crippen LogP contribution in [0.2, 0.25) is 0 Å². The zero-order valence-electron chi connectivity index (χ0n) is 14.4. The van der Waals surface area contributed by atoms with Crippen molar-refractivity contribution in [1.82, 2.24) is 15.0 Å². The molecule has 2 aromatic rings. The van der Waals surface area contributed by atoms with Crippen molar-refractivity contribution in [3.05, 3.63) is 29.5 Å². The minimum absolute atomic E-state index is 0.133. The third-order valence-electron chi connectivity index (χ3n) is 5.26. The second-order valence-corrected chi connectivity index (χ2v) is 7.07. The van der Waals surface area contributed by atoms with Gasteiger partial charge in [-0.1, -0.05) is 20.3 Å². The summed E-state index contributed by atoms with van der Waals surface area (Å²) in [7, 11) is 0. The molecule has 124 valence electrons. The Balaban J connectivity index is 1.99. The van der Waals surface area contributed by atoms with Gasteiger partial charge in [0.25, 0.3) is 0 Å². The predicted molar refractivity (Wildman–Crippen MR) is 92.4 cm³/mol. The molecule has 1 atom stereocenters. The second-order valence-electron chi connectivity index (χ2n) is 7.07. The molecule has 0 aromatic carbocycles. The Bertz CT molecular complexity index is 678. The Morgan fingerprint density at radius 2 is 1.91 bits per heavy atom. The number of aryl methyl sites for hydroxylation is 1. The number of hydrogen-bond donors (Lipinski definition) is 1. The van der Waals surface area contributed by atoms with Crippen molar-refractivity contribution < 1.29 is 5.11 Å². The Kier molecular flexibility index (Phi) is 4.90. The summed E-state index contributed by atoms with van der Waals surface area (Å²) in [4.78, 5) is 14.0. The van der Waals surface area contributed by atoms with Crippen molar-refractivity contribution in [1.29, 1.82) is 0 Å². The number of hydrogen-bond acceptors (Lipinski definition) is 4. The van der Waals surface area contributed by atoms with Crippen LogP contribution in [0.4, 0.5) is 0 Å². The quantitative estimate of drug-likeness (QED) is 0.929. The molecule has 1 aliphatic carbocycles. The highest BCUT2D eigenvalue weighted by atomic mass is 16.3. The lowest BCUT2D eigenvalue weighted by Gasteiger charge is -2.26. The first kappa shape index (κ1) is 16.3. The lowest BCUT2D eigenvalue weighted by Crippen LogP contribution is -2.17. The van der Waals surface area contributed by atoms with Gasteiger partial charge in [0, 0.05) is 29.9 Å². The molecule has 23 heavy (non-hydrogen) atoms. The molecule has 3 rings (SSSR count). The molecule has 1 N–H and O–H groups in total. The van der Waals surface area contributed by atoms with Crippen LogP contribution in [0.3, 0.4) is 0 Å². The maximum Gasteiger partial charge on any atom is 0.129 e. The van der Waals surface area contributed by atoms with E-state index in [9.17, 15) is 5.11 Å². The molecule has 4 nitrogen and oxygen atoms in total. The fourth-order valence-electron chi connectivity index (χ4n) is 3.44. The van der Waals surface area contributed by atoms with Crippen LogP contribution in [0.15, 0.2) is 12.4 Å². The summed E-state index contributed by atoms with van der Waals surface area (Å²) in [6, 6.07) is 0. The number of aliphatic hydroxyl groups is 1. The van der Waals surface area contributed by atoms with Gasteiger partial charge in [0.15, 0.2) is 0 Å². The van der Waals surface area contributed by atoms with E-state index in [2.05, 4.69) is 23.8 Å². The SMILES string of the molecule is CC[C@H](C)Cc1ncc2c(C)ncc(C3CCC(O)CC3)c2n1. The number of aromatic nitrogens is 3. The average Bonchev–Trinajstić information content (AvgIpc) is 2.56. The van der Waals surface area contributed by atoms with Gasteiger partial charge >= 0.3 is 0 Å². The first-order chi connectivity index (χ1) is 11.1. The summed E-state index contributed by atoms with van der Waals surface area (Å²) in [5.74, 6) is 2.00. The standard InChI is InChI=1S/C19H27N3O/c1-4-12(2)9-18-21-10-16-13(3)20-11-17(19(16)22-18)14-5-7-15(23)8-6-14/h10-12,14-15,23H,4-9H2,1-3H3/t12-,14?,15?/m0/s1. The first-order valence-electron chi connectivity index (χ1n) is 8.87. The molecule has 0 aliphatic heterocycles. The van der Waals surface area contributed by atoms with E-state index in [-0.39, 0.29) is 6.10 Å². The molecule has 0 saturated heterocycles. The Morgan fingerprint density at radius 1 is 1.17 bits per heavy atom. The normalized spacial score (nSPS) is 23.1. The van der Waals surface area contributed by atoms with Gasteiger partial charge in [0.2, 0.25) is 0 Å². The maximum absolute atomic E-state index is 9.76. The molecule has 1 saturated carbocycles. The largest absolute Gasteiger partial charge is 0.393 e. The van der Waals surface area contributed by atoms with E-state index in [4.69, 9.17) is 4.98 Å². The van der Waals surface area contributed by atoms with Gasteiger partial charge in [-0.15, -0.1) is 0 Å². The van der Waals surface area contributed by atoms with Gasteiger partial charge in [-0.25, -0.2) is 9.97 Å². The molecule has 1 aliphatic rings. The van der Waals surface area contributed by atoms with Crippen LogP contribution >= 0.6 is 0 Å². The summed E-state index contributed by atoms with van der Waals surface area (Å²) < 4.78 is 0. The summed E-state index contributed by atoms with van der Waals surface area (Å²) in [6.45, 7) is 6.47. The van der Waals surface area contributed by atoms with Gasteiger partial charge < -0.3 is 5.11 Å².